The van der Waals surface area contributed by atoms with E-state index in [9.17, 15) is 8.78 Å². The van der Waals surface area contributed by atoms with Crippen molar-refractivity contribution < 1.29 is 8.78 Å². The molecule has 2 aromatic carbocycles. The first-order valence-electron chi connectivity index (χ1n) is 6.18. The van der Waals surface area contributed by atoms with Gasteiger partial charge in [-0.05, 0) is 35.4 Å². The topological polar surface area (TPSA) is 0 Å². The highest BCUT2D eigenvalue weighted by molar-refractivity contribution is 5.32. The minimum atomic E-state index is -0.263. The maximum atomic E-state index is 13.0. The van der Waals surface area contributed by atoms with Crippen LogP contribution in [0.15, 0.2) is 48.5 Å². The van der Waals surface area contributed by atoms with Crippen molar-refractivity contribution in [3.05, 3.63) is 71.3 Å². The Bertz CT molecular complexity index is 446. The quantitative estimate of drug-likeness (QED) is 0.690. The monoisotopic (exact) mass is 248 g/mol. The Morgan fingerprint density at radius 2 is 1.17 bits per heavy atom. The smallest absolute Gasteiger partial charge is 0.123 e. The van der Waals surface area contributed by atoms with Gasteiger partial charge in [-0.25, -0.2) is 8.78 Å². The Kier molecular flexibility index (Phi) is 5.50. The van der Waals surface area contributed by atoms with E-state index in [2.05, 4.69) is 0 Å². The molecule has 0 aliphatic rings. The molecule has 96 valence electrons. The molecule has 0 N–H and O–H groups in total. The van der Waals surface area contributed by atoms with E-state index in [1.54, 1.807) is 12.1 Å². The third kappa shape index (κ3) is 3.66. The summed E-state index contributed by atoms with van der Waals surface area (Å²) in [7, 11) is 0. The van der Waals surface area contributed by atoms with Crippen molar-refractivity contribution in [2.24, 2.45) is 0 Å². The largest absolute Gasteiger partial charge is 0.207 e. The van der Waals surface area contributed by atoms with Crippen LogP contribution in [0.2, 0.25) is 0 Å². The Labute approximate surface area is 107 Å². The minimum absolute atomic E-state index is 0.00796. The summed E-state index contributed by atoms with van der Waals surface area (Å²) in [4.78, 5) is 0. The number of benzene rings is 2. The molecule has 0 amide bonds. The normalized spacial score (nSPS) is 9.89. The molecule has 0 aliphatic carbocycles. The SMILES string of the molecule is CC.CC(c1cccc(F)c1)c1cccc(F)c1. The highest BCUT2D eigenvalue weighted by atomic mass is 19.1. The summed E-state index contributed by atoms with van der Waals surface area (Å²) < 4.78 is 26.1. The van der Waals surface area contributed by atoms with Crippen molar-refractivity contribution >= 4 is 0 Å². The van der Waals surface area contributed by atoms with Crippen molar-refractivity contribution in [1.82, 2.24) is 0 Å². The summed E-state index contributed by atoms with van der Waals surface area (Å²) in [5.74, 6) is -0.534. The van der Waals surface area contributed by atoms with E-state index in [0.29, 0.717) is 0 Å². The fourth-order valence-corrected chi connectivity index (χ4v) is 1.74. The van der Waals surface area contributed by atoms with Gasteiger partial charge < -0.3 is 0 Å². The summed E-state index contributed by atoms with van der Waals surface area (Å²) in [5, 5.41) is 0. The molecule has 0 saturated heterocycles. The van der Waals surface area contributed by atoms with Crippen LogP contribution < -0.4 is 0 Å². The van der Waals surface area contributed by atoms with E-state index in [1.165, 1.54) is 24.3 Å². The van der Waals surface area contributed by atoms with E-state index in [0.717, 1.165) is 11.1 Å². The van der Waals surface area contributed by atoms with Gasteiger partial charge in [0.15, 0.2) is 0 Å². The molecule has 2 heteroatoms. The maximum Gasteiger partial charge on any atom is 0.123 e. The van der Waals surface area contributed by atoms with Crippen LogP contribution in [0.1, 0.15) is 37.8 Å². The van der Waals surface area contributed by atoms with Gasteiger partial charge in [0.25, 0.3) is 0 Å². The van der Waals surface area contributed by atoms with Crippen LogP contribution in [0, 0.1) is 11.6 Å². The van der Waals surface area contributed by atoms with Gasteiger partial charge in [0.2, 0.25) is 0 Å². The lowest BCUT2D eigenvalue weighted by atomic mass is 9.93. The number of hydrogen-bond acceptors (Lipinski definition) is 0. The lowest BCUT2D eigenvalue weighted by Gasteiger charge is -2.12. The summed E-state index contributed by atoms with van der Waals surface area (Å²) in [5.41, 5.74) is 1.70. The van der Waals surface area contributed by atoms with Crippen LogP contribution in [-0.4, -0.2) is 0 Å². The molecule has 0 aromatic heterocycles. The van der Waals surface area contributed by atoms with Crippen LogP contribution in [-0.2, 0) is 0 Å². The van der Waals surface area contributed by atoms with Gasteiger partial charge >= 0.3 is 0 Å². The maximum absolute atomic E-state index is 13.0. The molecule has 0 spiro atoms. The first kappa shape index (κ1) is 14.4. The predicted molar refractivity (Wildman–Crippen MR) is 71.7 cm³/mol. The lowest BCUT2D eigenvalue weighted by Crippen LogP contribution is -1.97. The molecule has 2 rings (SSSR count). The summed E-state index contributed by atoms with van der Waals surface area (Å²) in [6.45, 7) is 5.93. The second-order valence-corrected chi connectivity index (χ2v) is 3.83. The molecule has 0 saturated carbocycles. The zero-order chi connectivity index (χ0) is 13.5. The third-order valence-electron chi connectivity index (χ3n) is 2.70. The van der Waals surface area contributed by atoms with Gasteiger partial charge in [0, 0.05) is 5.92 Å². The van der Waals surface area contributed by atoms with Crippen LogP contribution in [0.25, 0.3) is 0 Å². The second-order valence-electron chi connectivity index (χ2n) is 3.83. The van der Waals surface area contributed by atoms with Gasteiger partial charge in [-0.15, -0.1) is 0 Å². The average molecular weight is 248 g/mol. The van der Waals surface area contributed by atoms with E-state index in [-0.39, 0.29) is 17.6 Å². The van der Waals surface area contributed by atoms with E-state index < -0.39 is 0 Å². The standard InChI is InChI=1S/C14H12F2.C2H6/c1-10(11-4-2-6-13(15)8-11)12-5-3-7-14(16)9-12;1-2/h2-10H,1H3;1-2H3. The molecule has 0 radical (unpaired) electrons. The number of hydrogen-bond donors (Lipinski definition) is 0. The zero-order valence-electron chi connectivity index (χ0n) is 11.0. The first-order chi connectivity index (χ1) is 8.66. The Hall–Kier alpha value is -1.70. The van der Waals surface area contributed by atoms with Crippen molar-refractivity contribution in [3.63, 3.8) is 0 Å². The Morgan fingerprint density at radius 1 is 0.778 bits per heavy atom. The highest BCUT2D eigenvalue weighted by Gasteiger charge is 2.09. The number of halogens is 2. The molecule has 2 aromatic rings. The molecular weight excluding hydrogens is 230 g/mol. The third-order valence-corrected chi connectivity index (χ3v) is 2.70. The zero-order valence-corrected chi connectivity index (χ0v) is 11.0. The second kappa shape index (κ2) is 6.90. The Balaban J connectivity index is 0.000000771. The van der Waals surface area contributed by atoms with Gasteiger partial charge in [-0.2, -0.15) is 0 Å². The molecular formula is C16H18F2. The molecule has 0 unspecified atom stereocenters. The molecule has 18 heavy (non-hydrogen) atoms. The summed E-state index contributed by atoms with van der Waals surface area (Å²) in [6.07, 6.45) is 0. The number of rotatable bonds is 2. The summed E-state index contributed by atoms with van der Waals surface area (Å²) >= 11 is 0. The van der Waals surface area contributed by atoms with Crippen molar-refractivity contribution in [2.45, 2.75) is 26.7 Å². The van der Waals surface area contributed by atoms with E-state index >= 15 is 0 Å². The molecule has 0 fully saturated rings. The average Bonchev–Trinajstić information content (AvgIpc) is 2.40. The van der Waals surface area contributed by atoms with E-state index in [1.807, 2.05) is 32.9 Å². The molecule has 0 atom stereocenters. The van der Waals surface area contributed by atoms with Gasteiger partial charge in [-0.3, -0.25) is 0 Å². The van der Waals surface area contributed by atoms with E-state index in [4.69, 9.17) is 0 Å². The van der Waals surface area contributed by atoms with Crippen LogP contribution >= 0.6 is 0 Å². The predicted octanol–water partition coefficient (Wildman–Crippen LogP) is 5.14. The van der Waals surface area contributed by atoms with Crippen LogP contribution in [0.4, 0.5) is 8.78 Å². The lowest BCUT2D eigenvalue weighted by molar-refractivity contribution is 0.621. The Morgan fingerprint density at radius 3 is 1.50 bits per heavy atom. The minimum Gasteiger partial charge on any atom is -0.207 e. The van der Waals surface area contributed by atoms with Gasteiger partial charge in [0.05, 0.1) is 0 Å². The molecule has 0 bridgehead atoms. The van der Waals surface area contributed by atoms with Crippen LogP contribution in [0.5, 0.6) is 0 Å². The summed E-state index contributed by atoms with van der Waals surface area (Å²) in [6, 6.07) is 12.8. The van der Waals surface area contributed by atoms with Crippen molar-refractivity contribution in [1.29, 1.82) is 0 Å². The van der Waals surface area contributed by atoms with Crippen molar-refractivity contribution in [3.8, 4) is 0 Å². The first-order valence-corrected chi connectivity index (χ1v) is 6.18. The fourth-order valence-electron chi connectivity index (χ4n) is 1.74. The molecule has 0 nitrogen and oxygen atoms in total. The molecule has 0 heterocycles. The fraction of sp³-hybridized carbons (Fsp3) is 0.250. The van der Waals surface area contributed by atoms with Crippen molar-refractivity contribution in [2.75, 3.05) is 0 Å². The van der Waals surface area contributed by atoms with Gasteiger partial charge in [0.1, 0.15) is 11.6 Å². The van der Waals surface area contributed by atoms with Gasteiger partial charge in [-0.1, -0.05) is 45.0 Å². The molecule has 0 aliphatic heterocycles. The van der Waals surface area contributed by atoms with Crippen LogP contribution in [0.3, 0.4) is 0 Å². The highest BCUT2D eigenvalue weighted by Crippen LogP contribution is 2.24.